The lowest BCUT2D eigenvalue weighted by Gasteiger charge is -2.25. The summed E-state index contributed by atoms with van der Waals surface area (Å²) in [7, 11) is 0.265. The highest BCUT2D eigenvalue weighted by molar-refractivity contribution is 6.58. The quantitative estimate of drug-likeness (QED) is 0.629. The van der Waals surface area contributed by atoms with E-state index in [1.54, 1.807) is 31.4 Å². The van der Waals surface area contributed by atoms with Gasteiger partial charge in [-0.1, -0.05) is 12.1 Å². The highest BCUT2D eigenvalue weighted by Gasteiger charge is 2.11. The van der Waals surface area contributed by atoms with Crippen LogP contribution in [-0.4, -0.2) is 61.5 Å². The second kappa shape index (κ2) is 8.97. The first-order valence-corrected chi connectivity index (χ1v) is 6.86. The molecule has 1 aromatic carbocycles. The molecule has 0 bridgehead atoms. The third kappa shape index (κ3) is 5.92. The van der Waals surface area contributed by atoms with Gasteiger partial charge >= 0.3 is 7.12 Å². The normalized spacial score (nSPS) is 11.2. The van der Waals surface area contributed by atoms with E-state index < -0.39 is 7.12 Å². The molecule has 1 rings (SSSR count). The number of hydrogen-bond acceptors (Lipinski definition) is 5. The van der Waals surface area contributed by atoms with Gasteiger partial charge in [0.15, 0.2) is 0 Å². The molecule has 0 saturated heterocycles. The Morgan fingerprint density at radius 2 is 1.70 bits per heavy atom. The Morgan fingerprint density at radius 3 is 2.20 bits per heavy atom. The number of rotatable bonds is 9. The molecule has 0 aliphatic heterocycles. The summed E-state index contributed by atoms with van der Waals surface area (Å²) in [6.45, 7) is 7.29. The molecular weight excluding hydrogens is 257 g/mol. The Kier molecular flexibility index (Phi) is 7.61. The average molecular weight is 281 g/mol. The average Bonchev–Trinajstić information content (AvgIpc) is 2.42. The fraction of sp³-hybridized carbons (Fsp3) is 0.571. The van der Waals surface area contributed by atoms with Gasteiger partial charge in [0.2, 0.25) is 0 Å². The van der Waals surface area contributed by atoms with Crippen molar-refractivity contribution in [2.45, 2.75) is 19.9 Å². The van der Waals surface area contributed by atoms with Crippen molar-refractivity contribution in [3.05, 3.63) is 24.3 Å². The van der Waals surface area contributed by atoms with Crippen molar-refractivity contribution < 1.29 is 19.5 Å². The maximum Gasteiger partial charge on any atom is 0.488 e. The van der Waals surface area contributed by atoms with Crippen LogP contribution < -0.4 is 10.2 Å². The predicted molar refractivity (Wildman–Crippen MR) is 80.3 cm³/mol. The number of nitrogens with zero attached hydrogens (tertiary/aromatic N) is 1. The van der Waals surface area contributed by atoms with Crippen molar-refractivity contribution >= 4 is 12.6 Å². The van der Waals surface area contributed by atoms with E-state index in [0.717, 1.165) is 18.8 Å². The molecule has 0 amide bonds. The Morgan fingerprint density at radius 1 is 1.10 bits per heavy atom. The van der Waals surface area contributed by atoms with E-state index in [4.69, 9.17) is 19.5 Å². The van der Waals surface area contributed by atoms with Gasteiger partial charge in [-0.15, -0.1) is 0 Å². The molecule has 0 unspecified atom stereocenters. The third-order valence-corrected chi connectivity index (χ3v) is 3.14. The number of benzene rings is 1. The fourth-order valence-corrected chi connectivity index (χ4v) is 1.85. The van der Waals surface area contributed by atoms with Crippen molar-refractivity contribution in [1.82, 2.24) is 4.90 Å². The SMILES string of the molecule is COCCN(CCOc1ccc(B(O)O)cc1)C(C)C. The van der Waals surface area contributed by atoms with Gasteiger partial charge in [-0.2, -0.15) is 0 Å². The molecule has 6 heteroatoms. The molecule has 0 radical (unpaired) electrons. The van der Waals surface area contributed by atoms with Crippen LogP contribution in [0, 0.1) is 0 Å². The first-order valence-electron chi connectivity index (χ1n) is 6.86. The van der Waals surface area contributed by atoms with Gasteiger partial charge in [0, 0.05) is 26.2 Å². The summed E-state index contributed by atoms with van der Waals surface area (Å²) in [5.41, 5.74) is 0.459. The zero-order chi connectivity index (χ0) is 15.0. The summed E-state index contributed by atoms with van der Waals surface area (Å²) in [6.07, 6.45) is 0. The topological polar surface area (TPSA) is 62.2 Å². The van der Waals surface area contributed by atoms with Crippen LogP contribution in [0.4, 0.5) is 0 Å². The molecule has 0 aliphatic rings. The van der Waals surface area contributed by atoms with Crippen molar-refractivity contribution in [3.63, 3.8) is 0 Å². The molecule has 0 fully saturated rings. The summed E-state index contributed by atoms with van der Waals surface area (Å²) in [4.78, 5) is 2.29. The molecule has 0 saturated carbocycles. The second-order valence-electron chi connectivity index (χ2n) is 4.91. The van der Waals surface area contributed by atoms with Crippen molar-refractivity contribution in [2.75, 3.05) is 33.4 Å². The molecule has 5 nitrogen and oxygen atoms in total. The zero-order valence-electron chi connectivity index (χ0n) is 12.5. The van der Waals surface area contributed by atoms with Crippen LogP contribution >= 0.6 is 0 Å². The second-order valence-corrected chi connectivity index (χ2v) is 4.91. The monoisotopic (exact) mass is 281 g/mol. The van der Waals surface area contributed by atoms with Crippen LogP contribution in [0.1, 0.15) is 13.8 Å². The lowest BCUT2D eigenvalue weighted by molar-refractivity contribution is 0.116. The Bertz CT molecular complexity index is 370. The highest BCUT2D eigenvalue weighted by Crippen LogP contribution is 2.08. The lowest BCUT2D eigenvalue weighted by Crippen LogP contribution is -2.37. The molecule has 0 spiro atoms. The van der Waals surface area contributed by atoms with Crippen LogP contribution in [0.25, 0.3) is 0 Å². The predicted octanol–water partition coefficient (Wildman–Crippen LogP) is 0.102. The lowest BCUT2D eigenvalue weighted by atomic mass is 9.80. The molecule has 1 aromatic rings. The molecule has 0 atom stereocenters. The van der Waals surface area contributed by atoms with E-state index in [2.05, 4.69) is 18.7 Å². The Balaban J connectivity index is 2.38. The van der Waals surface area contributed by atoms with E-state index in [0.29, 0.717) is 24.7 Å². The summed E-state index contributed by atoms with van der Waals surface area (Å²) in [6, 6.07) is 7.21. The summed E-state index contributed by atoms with van der Waals surface area (Å²) in [5, 5.41) is 18.0. The van der Waals surface area contributed by atoms with Gasteiger partial charge in [0.05, 0.1) is 6.61 Å². The first-order chi connectivity index (χ1) is 9.54. The van der Waals surface area contributed by atoms with Crippen molar-refractivity contribution in [1.29, 1.82) is 0 Å². The first kappa shape index (κ1) is 17.0. The zero-order valence-corrected chi connectivity index (χ0v) is 12.5. The van der Waals surface area contributed by atoms with Crippen LogP contribution in [-0.2, 0) is 4.74 Å². The van der Waals surface area contributed by atoms with Crippen LogP contribution in [0.15, 0.2) is 24.3 Å². The van der Waals surface area contributed by atoms with E-state index in [1.807, 2.05) is 0 Å². The molecule has 0 heterocycles. The largest absolute Gasteiger partial charge is 0.492 e. The smallest absolute Gasteiger partial charge is 0.488 e. The molecule has 0 aromatic heterocycles. The number of hydrogen-bond donors (Lipinski definition) is 2. The van der Waals surface area contributed by atoms with Gasteiger partial charge in [0.25, 0.3) is 0 Å². The van der Waals surface area contributed by atoms with Crippen LogP contribution in [0.2, 0.25) is 0 Å². The maximum atomic E-state index is 9.00. The molecule has 20 heavy (non-hydrogen) atoms. The molecule has 112 valence electrons. The van der Waals surface area contributed by atoms with Gasteiger partial charge in [-0.3, -0.25) is 4.90 Å². The fourth-order valence-electron chi connectivity index (χ4n) is 1.85. The van der Waals surface area contributed by atoms with Crippen molar-refractivity contribution in [3.8, 4) is 5.75 Å². The van der Waals surface area contributed by atoms with Gasteiger partial charge in [0.1, 0.15) is 12.4 Å². The summed E-state index contributed by atoms with van der Waals surface area (Å²) in [5.74, 6) is 0.727. The molecular formula is C14H24BNO4. The van der Waals surface area contributed by atoms with Crippen LogP contribution in [0.3, 0.4) is 0 Å². The van der Waals surface area contributed by atoms with Crippen molar-refractivity contribution in [2.24, 2.45) is 0 Å². The van der Waals surface area contributed by atoms with Gasteiger partial charge in [-0.25, -0.2) is 0 Å². The third-order valence-electron chi connectivity index (χ3n) is 3.14. The highest BCUT2D eigenvalue weighted by atomic mass is 16.5. The minimum absolute atomic E-state index is 0.445. The summed E-state index contributed by atoms with van der Waals surface area (Å²) < 4.78 is 10.7. The minimum Gasteiger partial charge on any atom is -0.492 e. The standard InChI is InChI=1S/C14H24BNO4/c1-12(2)16(8-10-19-3)9-11-20-14-6-4-13(5-7-14)15(17)18/h4-7,12,17-18H,8-11H2,1-3H3. The van der Waals surface area contributed by atoms with E-state index in [-0.39, 0.29) is 0 Å². The molecule has 2 N–H and O–H groups in total. The van der Waals surface area contributed by atoms with E-state index in [9.17, 15) is 0 Å². The maximum absolute atomic E-state index is 9.00. The Hall–Kier alpha value is -1.08. The van der Waals surface area contributed by atoms with Gasteiger partial charge in [-0.05, 0) is 31.4 Å². The van der Waals surface area contributed by atoms with Gasteiger partial charge < -0.3 is 19.5 Å². The number of ether oxygens (including phenoxy) is 2. The van der Waals surface area contributed by atoms with E-state index >= 15 is 0 Å². The molecule has 0 aliphatic carbocycles. The minimum atomic E-state index is -1.44. The number of methoxy groups -OCH3 is 1. The summed E-state index contributed by atoms with van der Waals surface area (Å²) >= 11 is 0. The Labute approximate surface area is 121 Å². The van der Waals surface area contributed by atoms with Crippen LogP contribution in [0.5, 0.6) is 5.75 Å². The van der Waals surface area contributed by atoms with E-state index in [1.165, 1.54) is 0 Å².